The zero-order chi connectivity index (χ0) is 12.9. The highest BCUT2D eigenvalue weighted by molar-refractivity contribution is 5.51. The summed E-state index contributed by atoms with van der Waals surface area (Å²) in [6.45, 7) is 8.78. The molecule has 2 heteroatoms. The molecule has 17 heavy (non-hydrogen) atoms. The van der Waals surface area contributed by atoms with Gasteiger partial charge in [0.1, 0.15) is 0 Å². The normalized spacial score (nSPS) is 15.4. The molecule has 0 bridgehead atoms. The predicted octanol–water partition coefficient (Wildman–Crippen LogP) is 3.61. The number of nitrogens with one attached hydrogen (secondary N) is 1. The van der Waals surface area contributed by atoms with Crippen molar-refractivity contribution in [2.45, 2.75) is 45.6 Å². The first-order valence-electron chi connectivity index (χ1n) is 6.35. The zero-order valence-electron chi connectivity index (χ0n) is 11.6. The monoisotopic (exact) mass is 232 g/mol. The summed E-state index contributed by atoms with van der Waals surface area (Å²) in [5.74, 6) is 0.505. The second-order valence-electron chi connectivity index (χ2n) is 4.99. The van der Waals surface area contributed by atoms with Gasteiger partial charge < -0.3 is 5.32 Å². The van der Waals surface area contributed by atoms with Crippen LogP contribution in [-0.4, -0.2) is 17.6 Å². The number of nitrogens with zero attached hydrogens (tertiary/aromatic N) is 1. The van der Waals surface area contributed by atoms with Crippen molar-refractivity contribution in [1.29, 1.82) is 0 Å². The lowest BCUT2D eigenvalue weighted by molar-refractivity contribution is 0.465. The molecular weight excluding hydrogens is 208 g/mol. The van der Waals surface area contributed by atoms with E-state index in [1.807, 2.05) is 19.3 Å². The van der Waals surface area contributed by atoms with E-state index in [2.05, 4.69) is 56.2 Å². The molecule has 0 aromatic carbocycles. The molecule has 0 aliphatic carbocycles. The van der Waals surface area contributed by atoms with E-state index in [1.165, 1.54) is 5.56 Å². The smallest absolute Gasteiger partial charge is 0.0661 e. The van der Waals surface area contributed by atoms with Crippen molar-refractivity contribution in [2.24, 2.45) is 0 Å². The van der Waals surface area contributed by atoms with Gasteiger partial charge in [0.25, 0.3) is 0 Å². The van der Waals surface area contributed by atoms with Gasteiger partial charge in [0.2, 0.25) is 0 Å². The molecule has 0 fully saturated rings. The Hall–Kier alpha value is -1.15. The van der Waals surface area contributed by atoms with Gasteiger partial charge in [-0.05, 0) is 44.0 Å². The van der Waals surface area contributed by atoms with Crippen LogP contribution < -0.4 is 5.32 Å². The van der Waals surface area contributed by atoms with Crippen LogP contribution in [0.3, 0.4) is 0 Å². The second-order valence-corrected chi connectivity index (χ2v) is 4.99. The first-order chi connectivity index (χ1) is 8.02. The van der Waals surface area contributed by atoms with Crippen LogP contribution in [0, 0.1) is 0 Å². The minimum Gasteiger partial charge on any atom is -0.311 e. The average Bonchev–Trinajstić information content (AvgIpc) is 2.36. The van der Waals surface area contributed by atoms with Crippen LogP contribution in [-0.2, 0) is 0 Å². The summed E-state index contributed by atoms with van der Waals surface area (Å²) in [7, 11) is 2.00. The van der Waals surface area contributed by atoms with Crippen molar-refractivity contribution in [1.82, 2.24) is 10.3 Å². The summed E-state index contributed by atoms with van der Waals surface area (Å²) in [6, 6.07) is 4.16. The Morgan fingerprint density at radius 2 is 2.18 bits per heavy atom. The molecule has 0 spiro atoms. The summed E-state index contributed by atoms with van der Waals surface area (Å²) in [4.78, 5) is 4.46. The highest BCUT2D eigenvalue weighted by atomic mass is 14.9. The van der Waals surface area contributed by atoms with E-state index in [1.54, 1.807) is 0 Å². The average molecular weight is 232 g/mol. The summed E-state index contributed by atoms with van der Waals surface area (Å²) < 4.78 is 0. The molecule has 0 saturated heterocycles. The molecule has 1 heterocycles. The Kier molecular flexibility index (Phi) is 4.88. The number of pyridine rings is 1. The maximum Gasteiger partial charge on any atom is 0.0661 e. The largest absolute Gasteiger partial charge is 0.311 e. The lowest BCUT2D eigenvalue weighted by Crippen LogP contribution is -2.36. The third-order valence-corrected chi connectivity index (χ3v) is 3.41. The van der Waals surface area contributed by atoms with E-state index in [0.29, 0.717) is 5.92 Å². The SMILES string of the molecule is CCC(C)(/C=C\c1ncccc1C(C)C)NC. The summed E-state index contributed by atoms with van der Waals surface area (Å²) in [5.41, 5.74) is 2.43. The molecule has 1 unspecified atom stereocenters. The van der Waals surface area contributed by atoms with E-state index in [0.717, 1.165) is 12.1 Å². The van der Waals surface area contributed by atoms with Crippen molar-refractivity contribution in [3.63, 3.8) is 0 Å². The number of hydrogen-bond acceptors (Lipinski definition) is 2. The first kappa shape index (κ1) is 13.9. The molecule has 1 N–H and O–H groups in total. The Morgan fingerprint density at radius 3 is 2.71 bits per heavy atom. The van der Waals surface area contributed by atoms with E-state index in [-0.39, 0.29) is 5.54 Å². The Balaban J connectivity index is 2.99. The number of aromatic nitrogens is 1. The van der Waals surface area contributed by atoms with Crippen LogP contribution in [0.2, 0.25) is 0 Å². The molecule has 1 aromatic heterocycles. The van der Waals surface area contributed by atoms with Gasteiger partial charge in [-0.3, -0.25) is 4.98 Å². The second kappa shape index (κ2) is 5.97. The van der Waals surface area contributed by atoms with Crippen molar-refractivity contribution in [3.8, 4) is 0 Å². The Morgan fingerprint density at radius 1 is 1.47 bits per heavy atom. The summed E-state index contributed by atoms with van der Waals surface area (Å²) >= 11 is 0. The third-order valence-electron chi connectivity index (χ3n) is 3.41. The lowest BCUT2D eigenvalue weighted by atomic mass is 9.96. The molecule has 0 aliphatic heterocycles. The molecule has 0 aliphatic rings. The van der Waals surface area contributed by atoms with Crippen molar-refractivity contribution < 1.29 is 0 Å². The van der Waals surface area contributed by atoms with E-state index < -0.39 is 0 Å². The summed E-state index contributed by atoms with van der Waals surface area (Å²) in [6.07, 6.45) is 7.26. The maximum atomic E-state index is 4.46. The Labute approximate surface area is 105 Å². The highest BCUT2D eigenvalue weighted by Crippen LogP contribution is 2.20. The van der Waals surface area contributed by atoms with Crippen LogP contribution in [0.5, 0.6) is 0 Å². The fourth-order valence-corrected chi connectivity index (χ4v) is 1.70. The van der Waals surface area contributed by atoms with Gasteiger partial charge in [-0.25, -0.2) is 0 Å². The molecule has 1 atom stereocenters. The lowest BCUT2D eigenvalue weighted by Gasteiger charge is -2.23. The van der Waals surface area contributed by atoms with Crippen molar-refractivity contribution in [2.75, 3.05) is 7.05 Å². The fraction of sp³-hybridized carbons (Fsp3) is 0.533. The topological polar surface area (TPSA) is 24.9 Å². The highest BCUT2D eigenvalue weighted by Gasteiger charge is 2.15. The van der Waals surface area contributed by atoms with Crippen LogP contribution in [0.4, 0.5) is 0 Å². The zero-order valence-corrected chi connectivity index (χ0v) is 11.6. The van der Waals surface area contributed by atoms with Gasteiger partial charge in [-0.15, -0.1) is 0 Å². The molecule has 1 aromatic rings. The minimum absolute atomic E-state index is 0.0474. The van der Waals surface area contributed by atoms with Crippen molar-refractivity contribution >= 4 is 6.08 Å². The van der Waals surface area contributed by atoms with E-state index in [4.69, 9.17) is 0 Å². The fourth-order valence-electron chi connectivity index (χ4n) is 1.70. The standard InChI is InChI=1S/C15H24N2/c1-6-15(4,16-5)10-9-14-13(12(2)3)8-7-11-17-14/h7-12,16H,6H2,1-5H3/b10-9-. The minimum atomic E-state index is 0.0474. The van der Waals surface area contributed by atoms with Gasteiger partial charge in [-0.1, -0.05) is 32.9 Å². The maximum absolute atomic E-state index is 4.46. The summed E-state index contributed by atoms with van der Waals surface area (Å²) in [5, 5.41) is 3.33. The quantitative estimate of drug-likeness (QED) is 0.839. The Bertz CT molecular complexity index is 376. The van der Waals surface area contributed by atoms with Crippen LogP contribution in [0.15, 0.2) is 24.4 Å². The van der Waals surface area contributed by atoms with Gasteiger partial charge in [-0.2, -0.15) is 0 Å². The van der Waals surface area contributed by atoms with Gasteiger partial charge in [0, 0.05) is 11.7 Å². The predicted molar refractivity (Wildman–Crippen MR) is 75.1 cm³/mol. The van der Waals surface area contributed by atoms with Gasteiger partial charge >= 0.3 is 0 Å². The first-order valence-corrected chi connectivity index (χ1v) is 6.35. The number of hydrogen-bond donors (Lipinski definition) is 1. The van der Waals surface area contributed by atoms with Crippen LogP contribution in [0.1, 0.15) is 51.3 Å². The van der Waals surface area contributed by atoms with Crippen LogP contribution >= 0.6 is 0 Å². The van der Waals surface area contributed by atoms with E-state index in [9.17, 15) is 0 Å². The number of rotatable bonds is 5. The van der Waals surface area contributed by atoms with Crippen LogP contribution in [0.25, 0.3) is 6.08 Å². The number of likely N-dealkylation sites (N-methyl/N-ethyl adjacent to an activating group) is 1. The molecular formula is C15H24N2. The molecule has 1 rings (SSSR count). The molecule has 0 radical (unpaired) electrons. The molecule has 2 nitrogen and oxygen atoms in total. The molecule has 0 saturated carbocycles. The van der Waals surface area contributed by atoms with Gasteiger partial charge in [0.05, 0.1) is 5.69 Å². The third kappa shape index (κ3) is 3.67. The van der Waals surface area contributed by atoms with E-state index >= 15 is 0 Å². The van der Waals surface area contributed by atoms with Crippen molar-refractivity contribution in [3.05, 3.63) is 35.7 Å². The molecule has 94 valence electrons. The van der Waals surface area contributed by atoms with Gasteiger partial charge in [0.15, 0.2) is 0 Å². The molecule has 0 amide bonds.